The van der Waals surface area contributed by atoms with Crippen molar-refractivity contribution in [3.63, 3.8) is 0 Å². The molecule has 1 fully saturated rings. The van der Waals surface area contributed by atoms with Crippen molar-refractivity contribution < 1.29 is 9.21 Å². The molecule has 4 heterocycles. The van der Waals surface area contributed by atoms with Crippen LogP contribution in [0.2, 0.25) is 0 Å². The van der Waals surface area contributed by atoms with E-state index in [0.717, 1.165) is 49.6 Å². The molecule has 0 bridgehead atoms. The molecule has 7 heteroatoms. The fraction of sp³-hybridized carbons (Fsp3) is 0.364. The molecule has 1 aliphatic rings. The number of anilines is 1. The van der Waals surface area contributed by atoms with Gasteiger partial charge in [-0.3, -0.25) is 9.78 Å². The number of hydrogen-bond donors (Lipinski definition) is 1. The van der Waals surface area contributed by atoms with Crippen molar-refractivity contribution in [1.82, 2.24) is 20.3 Å². The summed E-state index contributed by atoms with van der Waals surface area (Å²) in [4.78, 5) is 28.5. The Hall–Kier alpha value is -3.22. The average molecular weight is 391 g/mol. The van der Waals surface area contributed by atoms with Crippen LogP contribution in [0.3, 0.4) is 0 Å². The van der Waals surface area contributed by atoms with E-state index < -0.39 is 0 Å². The van der Waals surface area contributed by atoms with Crippen LogP contribution in [-0.4, -0.2) is 40.0 Å². The van der Waals surface area contributed by atoms with Crippen LogP contribution >= 0.6 is 0 Å². The summed E-state index contributed by atoms with van der Waals surface area (Å²) in [6, 6.07) is 9.68. The second kappa shape index (κ2) is 8.43. The number of nitrogens with one attached hydrogen (secondary N) is 1. The average Bonchev–Trinajstić information content (AvgIpc) is 3.20. The number of amides is 1. The summed E-state index contributed by atoms with van der Waals surface area (Å²) in [5.74, 6) is 2.16. The van der Waals surface area contributed by atoms with E-state index in [1.54, 1.807) is 25.5 Å². The minimum absolute atomic E-state index is 0.0672. The Balaban J connectivity index is 1.44. The van der Waals surface area contributed by atoms with Gasteiger partial charge in [0.2, 0.25) is 0 Å². The lowest BCUT2D eigenvalue weighted by molar-refractivity contribution is 0.0929. The zero-order valence-corrected chi connectivity index (χ0v) is 16.8. The lowest BCUT2D eigenvalue weighted by Gasteiger charge is -2.33. The van der Waals surface area contributed by atoms with Crippen molar-refractivity contribution in [1.29, 1.82) is 0 Å². The molecule has 4 rings (SSSR count). The Kier molecular flexibility index (Phi) is 5.55. The molecule has 150 valence electrons. The minimum Gasteiger partial charge on any atom is -0.469 e. The van der Waals surface area contributed by atoms with Crippen molar-refractivity contribution in [2.45, 2.75) is 39.2 Å². The van der Waals surface area contributed by atoms with Crippen molar-refractivity contribution in [2.75, 3.05) is 18.0 Å². The number of rotatable bonds is 5. The van der Waals surface area contributed by atoms with Crippen LogP contribution in [0.1, 0.15) is 41.6 Å². The molecule has 0 aliphatic carbocycles. The number of furan rings is 1. The van der Waals surface area contributed by atoms with E-state index in [4.69, 9.17) is 9.40 Å². The highest BCUT2D eigenvalue weighted by Crippen LogP contribution is 2.23. The Bertz CT molecular complexity index is 978. The molecule has 0 spiro atoms. The second-order valence-electron chi connectivity index (χ2n) is 7.23. The number of piperidine rings is 1. The van der Waals surface area contributed by atoms with Gasteiger partial charge in [0, 0.05) is 37.1 Å². The monoisotopic (exact) mass is 391 g/mol. The molecule has 0 aromatic carbocycles. The third-order valence-corrected chi connectivity index (χ3v) is 5.28. The quantitative estimate of drug-likeness (QED) is 0.718. The van der Waals surface area contributed by atoms with Gasteiger partial charge < -0.3 is 14.6 Å². The maximum absolute atomic E-state index is 12.4. The number of aryl methyl sites for hydroxylation is 2. The van der Waals surface area contributed by atoms with Crippen LogP contribution in [0.5, 0.6) is 0 Å². The summed E-state index contributed by atoms with van der Waals surface area (Å²) in [5.41, 5.74) is 2.39. The van der Waals surface area contributed by atoms with Crippen LogP contribution in [-0.2, 0) is 6.42 Å². The van der Waals surface area contributed by atoms with Crippen LogP contribution in [0, 0.1) is 6.92 Å². The molecule has 3 aromatic rings. The van der Waals surface area contributed by atoms with Gasteiger partial charge in [0.15, 0.2) is 5.82 Å². The molecular formula is C22H25N5O2. The lowest BCUT2D eigenvalue weighted by atomic mass is 10.0. The minimum atomic E-state index is -0.0672. The van der Waals surface area contributed by atoms with Crippen LogP contribution < -0.4 is 10.2 Å². The third-order valence-electron chi connectivity index (χ3n) is 5.28. The molecule has 7 nitrogen and oxygen atoms in total. The Morgan fingerprint density at radius 3 is 2.72 bits per heavy atom. The SMILES string of the molecule is CCc1cc(N2CCC(NC(=O)c3ccoc3C)CC2)nc(-c2ccccn2)n1. The fourth-order valence-electron chi connectivity index (χ4n) is 3.57. The van der Waals surface area contributed by atoms with Crippen LogP contribution in [0.25, 0.3) is 11.5 Å². The third kappa shape index (κ3) is 4.29. The normalized spacial score (nSPS) is 14.8. The van der Waals surface area contributed by atoms with Gasteiger partial charge in [0.25, 0.3) is 5.91 Å². The fourth-order valence-corrected chi connectivity index (χ4v) is 3.57. The maximum Gasteiger partial charge on any atom is 0.255 e. The molecule has 0 atom stereocenters. The van der Waals surface area contributed by atoms with Gasteiger partial charge in [-0.2, -0.15) is 0 Å². The predicted molar refractivity (Wildman–Crippen MR) is 111 cm³/mol. The number of hydrogen-bond acceptors (Lipinski definition) is 6. The molecule has 0 unspecified atom stereocenters. The summed E-state index contributed by atoms with van der Waals surface area (Å²) in [6.45, 7) is 5.55. The van der Waals surface area contributed by atoms with Gasteiger partial charge in [-0.15, -0.1) is 0 Å². The Morgan fingerprint density at radius 1 is 1.24 bits per heavy atom. The number of carbonyl (C=O) groups is 1. The number of nitrogens with zero attached hydrogens (tertiary/aromatic N) is 4. The molecule has 1 saturated heterocycles. The predicted octanol–water partition coefficient (Wildman–Crippen LogP) is 3.40. The first kappa shape index (κ1) is 19.1. The van der Waals surface area contributed by atoms with Crippen molar-refractivity contribution in [2.24, 2.45) is 0 Å². The standard InChI is InChI=1S/C22H25N5O2/c1-3-16-14-20(26-21(24-16)19-6-4-5-10-23-19)27-11-7-17(8-12-27)25-22(28)18-9-13-29-15(18)2/h4-6,9-10,13-14,17H,3,7-8,11-12H2,1-2H3,(H,25,28). The zero-order valence-electron chi connectivity index (χ0n) is 16.8. The van der Waals surface area contributed by atoms with Crippen molar-refractivity contribution >= 4 is 11.7 Å². The van der Waals surface area contributed by atoms with Crippen molar-refractivity contribution in [3.8, 4) is 11.5 Å². The van der Waals surface area contributed by atoms with Gasteiger partial charge >= 0.3 is 0 Å². The first-order chi connectivity index (χ1) is 14.1. The summed E-state index contributed by atoms with van der Waals surface area (Å²) in [6.07, 6.45) is 5.88. The largest absolute Gasteiger partial charge is 0.469 e. The molecule has 1 aliphatic heterocycles. The zero-order chi connectivity index (χ0) is 20.2. The van der Waals surface area contributed by atoms with Crippen molar-refractivity contribution in [3.05, 3.63) is 59.8 Å². The Morgan fingerprint density at radius 2 is 2.07 bits per heavy atom. The second-order valence-corrected chi connectivity index (χ2v) is 7.23. The molecule has 1 N–H and O–H groups in total. The highest BCUT2D eigenvalue weighted by molar-refractivity contribution is 5.95. The molecule has 1 amide bonds. The summed E-state index contributed by atoms with van der Waals surface area (Å²) >= 11 is 0. The first-order valence-electron chi connectivity index (χ1n) is 10.0. The highest BCUT2D eigenvalue weighted by Gasteiger charge is 2.24. The van der Waals surface area contributed by atoms with Crippen LogP contribution in [0.15, 0.2) is 47.2 Å². The van der Waals surface area contributed by atoms with E-state index >= 15 is 0 Å². The van der Waals surface area contributed by atoms with Gasteiger partial charge in [-0.25, -0.2) is 9.97 Å². The topological polar surface area (TPSA) is 84.2 Å². The van der Waals surface area contributed by atoms with Gasteiger partial charge in [-0.05, 0) is 44.4 Å². The van der Waals surface area contributed by atoms with Gasteiger partial charge in [0.05, 0.1) is 11.8 Å². The van der Waals surface area contributed by atoms with Crippen LogP contribution in [0.4, 0.5) is 5.82 Å². The van der Waals surface area contributed by atoms with E-state index in [1.165, 1.54) is 0 Å². The van der Waals surface area contributed by atoms with Gasteiger partial charge in [0.1, 0.15) is 17.3 Å². The van der Waals surface area contributed by atoms with E-state index in [0.29, 0.717) is 17.1 Å². The summed E-state index contributed by atoms with van der Waals surface area (Å²) in [5, 5.41) is 3.13. The van der Waals surface area contributed by atoms with E-state index in [9.17, 15) is 4.79 Å². The molecule has 0 saturated carbocycles. The molecule has 3 aromatic heterocycles. The highest BCUT2D eigenvalue weighted by atomic mass is 16.3. The number of pyridine rings is 1. The van der Waals surface area contributed by atoms with Gasteiger partial charge in [-0.1, -0.05) is 13.0 Å². The van der Waals surface area contributed by atoms with E-state index in [2.05, 4.69) is 33.2 Å². The van der Waals surface area contributed by atoms with E-state index in [-0.39, 0.29) is 11.9 Å². The first-order valence-corrected chi connectivity index (χ1v) is 10.0. The summed E-state index contributed by atoms with van der Waals surface area (Å²) in [7, 11) is 0. The molecule has 29 heavy (non-hydrogen) atoms. The van der Waals surface area contributed by atoms with E-state index in [1.807, 2.05) is 18.2 Å². The molecule has 0 radical (unpaired) electrons. The number of aromatic nitrogens is 3. The Labute approximate surface area is 170 Å². The smallest absolute Gasteiger partial charge is 0.255 e. The lowest BCUT2D eigenvalue weighted by Crippen LogP contribution is -2.45. The number of carbonyl (C=O) groups excluding carboxylic acids is 1. The summed E-state index contributed by atoms with van der Waals surface area (Å²) < 4.78 is 5.23. The maximum atomic E-state index is 12.4. The molecular weight excluding hydrogens is 366 g/mol.